The van der Waals surface area contributed by atoms with Gasteiger partial charge in [-0.15, -0.1) is 0 Å². The van der Waals surface area contributed by atoms with Gasteiger partial charge in [0.25, 0.3) is 0 Å². The van der Waals surface area contributed by atoms with Gasteiger partial charge in [-0.25, -0.2) is 9.78 Å². The predicted molar refractivity (Wildman–Crippen MR) is 158 cm³/mol. The molecule has 230 valence electrons. The summed E-state index contributed by atoms with van der Waals surface area (Å²) in [4.78, 5) is 73.1. The van der Waals surface area contributed by atoms with Crippen LogP contribution in [-0.4, -0.2) is 79.0 Å². The second-order valence-corrected chi connectivity index (χ2v) is 10.3. The summed E-state index contributed by atoms with van der Waals surface area (Å²) >= 11 is 0. The van der Waals surface area contributed by atoms with Crippen LogP contribution in [0.1, 0.15) is 23.2 Å². The summed E-state index contributed by atoms with van der Waals surface area (Å²) < 4.78 is 0. The average Bonchev–Trinajstić information content (AvgIpc) is 3.66. The smallest absolute Gasteiger partial charge is 0.326 e. The van der Waals surface area contributed by atoms with Crippen molar-refractivity contribution in [3.8, 4) is 0 Å². The summed E-state index contributed by atoms with van der Waals surface area (Å²) in [7, 11) is 0. The monoisotopic (exact) mass is 603 g/mol. The largest absolute Gasteiger partial charge is 0.481 e. The van der Waals surface area contributed by atoms with Gasteiger partial charge in [-0.3, -0.25) is 19.2 Å². The fourth-order valence-corrected chi connectivity index (χ4v) is 4.71. The lowest BCUT2D eigenvalue weighted by molar-refractivity contribution is -0.143. The molecule has 0 saturated heterocycles. The van der Waals surface area contributed by atoms with Crippen LogP contribution in [0.25, 0.3) is 10.9 Å². The lowest BCUT2D eigenvalue weighted by Gasteiger charge is -2.24. The number of carbonyl (C=O) groups is 5. The molecule has 4 aromatic rings. The maximum absolute atomic E-state index is 13.5. The van der Waals surface area contributed by atoms with Crippen LogP contribution in [0.2, 0.25) is 0 Å². The summed E-state index contributed by atoms with van der Waals surface area (Å²) in [6.07, 6.45) is 3.65. The fourth-order valence-electron chi connectivity index (χ4n) is 4.71. The molecular formula is C30H33N7O7. The molecule has 9 N–H and O–H groups in total. The maximum atomic E-state index is 13.5. The number of aromatic nitrogens is 3. The molecule has 2 aromatic heterocycles. The number of rotatable bonds is 15. The van der Waals surface area contributed by atoms with Crippen LogP contribution in [0.4, 0.5) is 0 Å². The van der Waals surface area contributed by atoms with Gasteiger partial charge < -0.3 is 41.9 Å². The van der Waals surface area contributed by atoms with E-state index in [1.807, 2.05) is 18.2 Å². The van der Waals surface area contributed by atoms with E-state index < -0.39 is 60.2 Å². The highest BCUT2D eigenvalue weighted by atomic mass is 16.4. The number of aliphatic carboxylic acids is 2. The lowest BCUT2D eigenvalue weighted by Crippen LogP contribution is -2.58. The molecule has 2 aromatic carbocycles. The van der Waals surface area contributed by atoms with Crippen molar-refractivity contribution < 1.29 is 34.2 Å². The number of amides is 3. The van der Waals surface area contributed by atoms with Crippen LogP contribution < -0.4 is 21.7 Å². The maximum Gasteiger partial charge on any atom is 0.326 e. The number of para-hydroxylation sites is 1. The van der Waals surface area contributed by atoms with Crippen molar-refractivity contribution in [1.29, 1.82) is 0 Å². The Morgan fingerprint density at radius 3 is 2.11 bits per heavy atom. The van der Waals surface area contributed by atoms with E-state index in [1.165, 1.54) is 12.5 Å². The molecule has 0 radical (unpaired) electrons. The molecule has 4 unspecified atom stereocenters. The highest BCUT2D eigenvalue weighted by molar-refractivity contribution is 5.96. The van der Waals surface area contributed by atoms with Crippen LogP contribution in [0.15, 0.2) is 73.3 Å². The molecule has 2 heterocycles. The third kappa shape index (κ3) is 8.51. The van der Waals surface area contributed by atoms with Gasteiger partial charge in [-0.1, -0.05) is 48.5 Å². The van der Waals surface area contributed by atoms with Gasteiger partial charge in [0.05, 0.1) is 18.8 Å². The quantitative estimate of drug-likeness (QED) is 0.0929. The van der Waals surface area contributed by atoms with Crippen LogP contribution in [-0.2, 0) is 43.2 Å². The Balaban J connectivity index is 1.54. The highest BCUT2D eigenvalue weighted by Gasteiger charge is 2.32. The molecular weight excluding hydrogens is 570 g/mol. The van der Waals surface area contributed by atoms with Crippen molar-refractivity contribution in [3.63, 3.8) is 0 Å². The molecule has 0 fully saturated rings. The molecule has 3 amide bonds. The number of nitrogens with one attached hydrogen (secondary N) is 5. The zero-order valence-corrected chi connectivity index (χ0v) is 23.5. The first-order chi connectivity index (χ1) is 21.1. The van der Waals surface area contributed by atoms with Crippen molar-refractivity contribution >= 4 is 40.6 Å². The van der Waals surface area contributed by atoms with Crippen LogP contribution >= 0.6 is 0 Å². The average molecular weight is 604 g/mol. The van der Waals surface area contributed by atoms with Crippen molar-refractivity contribution in [3.05, 3.63) is 90.1 Å². The number of H-pyrrole nitrogens is 2. The Morgan fingerprint density at radius 2 is 1.43 bits per heavy atom. The Hall–Kier alpha value is -5.50. The molecule has 0 bridgehead atoms. The summed E-state index contributed by atoms with van der Waals surface area (Å²) in [6, 6.07) is 10.8. The zero-order valence-electron chi connectivity index (χ0n) is 23.5. The fraction of sp³-hybridized carbons (Fsp3) is 0.267. The minimum absolute atomic E-state index is 0.0702. The molecule has 14 nitrogen and oxygen atoms in total. The van der Waals surface area contributed by atoms with Gasteiger partial charge >= 0.3 is 11.9 Å². The summed E-state index contributed by atoms with van der Waals surface area (Å²) in [6.45, 7) is 0. The van der Waals surface area contributed by atoms with Gasteiger partial charge in [-0.2, -0.15) is 0 Å². The lowest BCUT2D eigenvalue weighted by atomic mass is 10.0. The van der Waals surface area contributed by atoms with Gasteiger partial charge in [0, 0.05) is 41.8 Å². The van der Waals surface area contributed by atoms with Crippen molar-refractivity contribution in [2.75, 3.05) is 0 Å². The third-order valence-electron chi connectivity index (χ3n) is 6.97. The van der Waals surface area contributed by atoms with Gasteiger partial charge in [0.2, 0.25) is 17.7 Å². The molecule has 14 heteroatoms. The number of hydrogen-bond donors (Lipinski definition) is 8. The second-order valence-electron chi connectivity index (χ2n) is 10.3. The van der Waals surface area contributed by atoms with E-state index in [0.29, 0.717) is 11.3 Å². The number of hydrogen-bond acceptors (Lipinski definition) is 7. The second kappa shape index (κ2) is 14.6. The Labute approximate surface area is 251 Å². The Morgan fingerprint density at radius 1 is 0.773 bits per heavy atom. The van der Waals surface area contributed by atoms with Gasteiger partial charge in [0.15, 0.2) is 0 Å². The van der Waals surface area contributed by atoms with Gasteiger partial charge in [-0.05, 0) is 23.6 Å². The molecule has 0 saturated carbocycles. The number of nitrogens with two attached hydrogens (primary N) is 1. The van der Waals surface area contributed by atoms with Crippen LogP contribution in [0.3, 0.4) is 0 Å². The standard InChI is InChI=1S/C30H33N7O7/c31-21(10-17-6-2-1-3-7-17)27(40)35-24(13-26(38)39)29(42)36-23(11-18-14-33-22-9-5-4-8-20(18)22)28(41)37-25(30(43)44)12-19-15-32-16-34-19/h1-9,14-16,21,23-25,33H,10-13,31H2,(H,32,34)(H,35,40)(H,36,42)(H,37,41)(H,38,39)(H,43,44). The van der Waals surface area contributed by atoms with E-state index in [0.717, 1.165) is 16.5 Å². The summed E-state index contributed by atoms with van der Waals surface area (Å²) in [5.41, 5.74) is 8.69. The molecule has 0 aliphatic carbocycles. The first-order valence-corrected chi connectivity index (χ1v) is 13.8. The minimum atomic E-state index is -1.57. The normalized spacial score (nSPS) is 13.8. The number of carboxylic acids is 2. The highest BCUT2D eigenvalue weighted by Crippen LogP contribution is 2.19. The van der Waals surface area contributed by atoms with E-state index >= 15 is 0 Å². The number of nitrogens with zero attached hydrogens (tertiary/aromatic N) is 1. The zero-order chi connectivity index (χ0) is 31.6. The topological polar surface area (TPSA) is 232 Å². The SMILES string of the molecule is NC(Cc1ccccc1)C(=O)NC(CC(=O)O)C(=O)NC(Cc1c[nH]c2ccccc12)C(=O)NC(Cc1cnc[nH]1)C(=O)O. The van der Waals surface area contributed by atoms with E-state index in [9.17, 15) is 34.2 Å². The van der Waals surface area contributed by atoms with E-state index in [4.69, 9.17) is 5.73 Å². The van der Waals surface area contributed by atoms with Crippen LogP contribution in [0.5, 0.6) is 0 Å². The van der Waals surface area contributed by atoms with Crippen molar-refractivity contribution in [1.82, 2.24) is 30.9 Å². The number of aromatic amines is 2. The Kier molecular flexibility index (Phi) is 10.4. The number of fused-ring (bicyclic) bond motifs is 1. The molecule has 4 atom stereocenters. The molecule has 0 aliphatic heterocycles. The number of imidazole rings is 1. The van der Waals surface area contributed by atoms with E-state index in [1.54, 1.807) is 42.6 Å². The third-order valence-corrected chi connectivity index (χ3v) is 6.97. The summed E-state index contributed by atoms with van der Waals surface area (Å²) in [5, 5.41) is 27.4. The predicted octanol–water partition coefficient (Wildman–Crippen LogP) is 0.260. The van der Waals surface area contributed by atoms with Crippen LogP contribution in [0, 0.1) is 0 Å². The van der Waals surface area contributed by atoms with Crippen molar-refractivity contribution in [2.24, 2.45) is 5.73 Å². The number of carboxylic acid groups (broad SMARTS) is 2. The molecule has 44 heavy (non-hydrogen) atoms. The summed E-state index contributed by atoms with van der Waals surface area (Å²) in [5.74, 6) is -5.21. The molecule has 0 spiro atoms. The van der Waals surface area contributed by atoms with Crippen molar-refractivity contribution in [2.45, 2.75) is 49.9 Å². The van der Waals surface area contributed by atoms with Gasteiger partial charge in [0.1, 0.15) is 18.1 Å². The first kappa shape index (κ1) is 31.4. The minimum Gasteiger partial charge on any atom is -0.481 e. The Bertz CT molecular complexity index is 1600. The molecule has 0 aliphatic rings. The first-order valence-electron chi connectivity index (χ1n) is 13.8. The number of benzene rings is 2. The number of carbonyl (C=O) groups excluding carboxylic acids is 3. The van der Waals surface area contributed by atoms with E-state index in [2.05, 4.69) is 30.9 Å². The molecule has 4 rings (SSSR count). The van der Waals surface area contributed by atoms with E-state index in [-0.39, 0.29) is 19.3 Å².